The Bertz CT molecular complexity index is 921. The number of rotatable bonds is 0. The zero-order chi connectivity index (χ0) is 15.9. The summed E-state index contributed by atoms with van der Waals surface area (Å²) >= 11 is 0. The predicted octanol–water partition coefficient (Wildman–Crippen LogP) is 3.97. The summed E-state index contributed by atoms with van der Waals surface area (Å²) in [7, 11) is 0. The summed E-state index contributed by atoms with van der Waals surface area (Å²) in [5.41, 5.74) is 5.16. The van der Waals surface area contributed by atoms with E-state index in [1.807, 2.05) is 56.3 Å². The highest BCUT2D eigenvalue weighted by molar-refractivity contribution is 6.35. The minimum absolute atomic E-state index is 0.138. The van der Waals surface area contributed by atoms with Gasteiger partial charge in [0.25, 0.3) is 0 Å². The zero-order valence-corrected chi connectivity index (χ0v) is 12.3. The minimum atomic E-state index is -0.260. The van der Waals surface area contributed by atoms with Gasteiger partial charge in [0, 0.05) is 5.56 Å². The third-order valence-electron chi connectivity index (χ3n) is 3.85. The van der Waals surface area contributed by atoms with Crippen LogP contribution in [0.3, 0.4) is 0 Å². The fourth-order valence-electron chi connectivity index (χ4n) is 2.82. The number of allylic oxidation sites excluding steroid dienone is 2. The molecule has 3 heteroatoms. The fourth-order valence-corrected chi connectivity index (χ4v) is 2.82. The van der Waals surface area contributed by atoms with Crippen molar-refractivity contribution in [2.75, 3.05) is 0 Å². The number of benzene rings is 2. The molecule has 0 heterocycles. The van der Waals surface area contributed by atoms with Gasteiger partial charge in [-0.25, -0.2) is 0 Å². The van der Waals surface area contributed by atoms with Gasteiger partial charge in [0.05, 0.1) is 5.57 Å². The van der Waals surface area contributed by atoms with Gasteiger partial charge in [-0.15, -0.1) is 0 Å². The van der Waals surface area contributed by atoms with E-state index < -0.39 is 0 Å². The molecule has 2 aromatic carbocycles. The Hall–Kier alpha value is -3.17. The molecule has 2 aromatic rings. The number of aryl methyl sites for hydroxylation is 2. The van der Waals surface area contributed by atoms with Gasteiger partial charge in [0.1, 0.15) is 17.7 Å². The monoisotopic (exact) mass is 284 g/mol. The average Bonchev–Trinajstić information content (AvgIpc) is 2.51. The molecule has 0 fully saturated rings. The maximum absolute atomic E-state index is 12.8. The van der Waals surface area contributed by atoms with Crippen LogP contribution in [0.25, 0.3) is 16.7 Å². The number of carbonyl (C=O) groups excluding carboxylic acids is 1. The van der Waals surface area contributed by atoms with E-state index in [9.17, 15) is 15.3 Å². The van der Waals surface area contributed by atoms with Crippen molar-refractivity contribution in [3.8, 4) is 23.3 Å². The lowest BCUT2D eigenvalue weighted by molar-refractivity contribution is 0.105. The lowest BCUT2D eigenvalue weighted by atomic mass is 9.79. The van der Waals surface area contributed by atoms with Crippen LogP contribution in [0, 0.1) is 36.5 Å². The molecule has 1 aliphatic carbocycles. The Morgan fingerprint density at radius 3 is 1.86 bits per heavy atom. The van der Waals surface area contributed by atoms with Crippen LogP contribution in [0.2, 0.25) is 0 Å². The zero-order valence-electron chi connectivity index (χ0n) is 12.3. The standard InChI is InChI=1S/C19H12N2O/c1-11-3-5-14-16(7-11)17-8-12(2)4-6-15(17)19(22)18(14)13(9-20)10-21/h3-8H,1-2H3. The molecule has 0 aromatic heterocycles. The Morgan fingerprint density at radius 1 is 0.818 bits per heavy atom. The summed E-state index contributed by atoms with van der Waals surface area (Å²) in [6.45, 7) is 3.95. The first-order valence-corrected chi connectivity index (χ1v) is 6.88. The second-order valence-electron chi connectivity index (χ2n) is 5.40. The Labute approximate surface area is 128 Å². The van der Waals surface area contributed by atoms with Crippen molar-refractivity contribution in [1.29, 1.82) is 10.5 Å². The number of carbonyl (C=O) groups is 1. The highest BCUT2D eigenvalue weighted by Gasteiger charge is 2.30. The second-order valence-corrected chi connectivity index (χ2v) is 5.40. The molecule has 0 amide bonds. The molecule has 0 saturated carbocycles. The summed E-state index contributed by atoms with van der Waals surface area (Å²) in [5, 5.41) is 18.4. The maximum Gasteiger partial charge on any atom is 0.196 e. The SMILES string of the molecule is Cc1ccc2c(c1)-c1cc(C)ccc1C(=C(C#N)C#N)C2=O. The van der Waals surface area contributed by atoms with E-state index >= 15 is 0 Å². The molecule has 22 heavy (non-hydrogen) atoms. The van der Waals surface area contributed by atoms with Crippen molar-refractivity contribution in [1.82, 2.24) is 0 Å². The molecule has 1 aliphatic rings. The minimum Gasteiger partial charge on any atom is -0.288 e. The van der Waals surface area contributed by atoms with E-state index in [1.54, 1.807) is 6.07 Å². The van der Waals surface area contributed by atoms with Crippen LogP contribution in [-0.2, 0) is 0 Å². The number of Topliss-reactive ketones (excluding diaryl/α,β-unsaturated/α-hetero) is 1. The molecule has 104 valence electrons. The molecular formula is C19H12N2O. The molecule has 0 atom stereocenters. The van der Waals surface area contributed by atoms with E-state index in [4.69, 9.17) is 0 Å². The topological polar surface area (TPSA) is 64.7 Å². The van der Waals surface area contributed by atoms with E-state index in [1.165, 1.54) is 0 Å². The number of nitriles is 2. The van der Waals surface area contributed by atoms with Gasteiger partial charge >= 0.3 is 0 Å². The number of nitrogens with zero attached hydrogens (tertiary/aromatic N) is 2. The Morgan fingerprint density at radius 2 is 1.32 bits per heavy atom. The molecule has 0 spiro atoms. The van der Waals surface area contributed by atoms with Crippen molar-refractivity contribution < 1.29 is 4.79 Å². The van der Waals surface area contributed by atoms with Crippen molar-refractivity contribution in [3.05, 3.63) is 64.2 Å². The maximum atomic E-state index is 12.8. The number of fused-ring (bicyclic) bond motifs is 3. The van der Waals surface area contributed by atoms with Crippen LogP contribution in [-0.4, -0.2) is 5.78 Å². The molecule has 0 aliphatic heterocycles. The normalized spacial score (nSPS) is 12.0. The van der Waals surface area contributed by atoms with E-state index in [-0.39, 0.29) is 16.9 Å². The molecule has 0 unspecified atom stereocenters. The van der Waals surface area contributed by atoms with Crippen molar-refractivity contribution in [2.24, 2.45) is 0 Å². The third kappa shape index (κ3) is 1.92. The number of ketones is 1. The van der Waals surface area contributed by atoms with Gasteiger partial charge in [-0.2, -0.15) is 10.5 Å². The lowest BCUT2D eigenvalue weighted by Crippen LogP contribution is -2.13. The van der Waals surface area contributed by atoms with Crippen molar-refractivity contribution in [3.63, 3.8) is 0 Å². The van der Waals surface area contributed by atoms with Crippen LogP contribution in [0.1, 0.15) is 27.0 Å². The van der Waals surface area contributed by atoms with Crippen LogP contribution in [0.4, 0.5) is 0 Å². The van der Waals surface area contributed by atoms with Gasteiger partial charge in [-0.3, -0.25) is 4.79 Å². The van der Waals surface area contributed by atoms with Gasteiger partial charge in [-0.05, 0) is 30.5 Å². The summed E-state index contributed by atoms with van der Waals surface area (Å²) in [4.78, 5) is 12.8. The number of hydrogen-bond acceptors (Lipinski definition) is 3. The van der Waals surface area contributed by atoms with Crippen LogP contribution >= 0.6 is 0 Å². The van der Waals surface area contributed by atoms with Gasteiger partial charge in [0.15, 0.2) is 5.78 Å². The molecule has 0 saturated heterocycles. The molecule has 0 bridgehead atoms. The first-order valence-electron chi connectivity index (χ1n) is 6.88. The molecule has 3 rings (SSSR count). The van der Waals surface area contributed by atoms with Crippen LogP contribution in [0.5, 0.6) is 0 Å². The Balaban J connectivity index is 2.47. The van der Waals surface area contributed by atoms with Gasteiger partial charge in [0.2, 0.25) is 0 Å². The Kier molecular flexibility index (Phi) is 3.13. The highest BCUT2D eigenvalue weighted by atomic mass is 16.1. The predicted molar refractivity (Wildman–Crippen MR) is 83.8 cm³/mol. The summed E-state index contributed by atoms with van der Waals surface area (Å²) < 4.78 is 0. The van der Waals surface area contributed by atoms with Crippen molar-refractivity contribution >= 4 is 11.4 Å². The quantitative estimate of drug-likeness (QED) is 0.543. The smallest absolute Gasteiger partial charge is 0.196 e. The first kappa shape index (κ1) is 13.8. The third-order valence-corrected chi connectivity index (χ3v) is 3.85. The molecule has 0 N–H and O–H groups in total. The van der Waals surface area contributed by atoms with E-state index in [0.29, 0.717) is 11.1 Å². The number of hydrogen-bond donors (Lipinski definition) is 0. The fraction of sp³-hybridized carbons (Fsp3) is 0.105. The summed E-state index contributed by atoms with van der Waals surface area (Å²) in [6, 6.07) is 15.0. The summed E-state index contributed by atoms with van der Waals surface area (Å²) in [6.07, 6.45) is 0. The molecule has 3 nitrogen and oxygen atoms in total. The van der Waals surface area contributed by atoms with Crippen LogP contribution < -0.4 is 0 Å². The highest BCUT2D eigenvalue weighted by Crippen LogP contribution is 2.41. The first-order chi connectivity index (χ1) is 10.6. The summed E-state index contributed by atoms with van der Waals surface area (Å²) in [5.74, 6) is -0.260. The van der Waals surface area contributed by atoms with E-state index in [2.05, 4.69) is 0 Å². The largest absolute Gasteiger partial charge is 0.288 e. The van der Waals surface area contributed by atoms with Gasteiger partial charge in [-0.1, -0.05) is 47.5 Å². The molecule has 0 radical (unpaired) electrons. The van der Waals surface area contributed by atoms with Crippen LogP contribution in [0.15, 0.2) is 42.0 Å². The van der Waals surface area contributed by atoms with Crippen molar-refractivity contribution in [2.45, 2.75) is 13.8 Å². The average molecular weight is 284 g/mol. The van der Waals surface area contributed by atoms with E-state index in [0.717, 1.165) is 22.3 Å². The lowest BCUT2D eigenvalue weighted by Gasteiger charge is -2.22. The molecular weight excluding hydrogens is 272 g/mol. The van der Waals surface area contributed by atoms with Gasteiger partial charge < -0.3 is 0 Å². The second kappa shape index (κ2) is 4.98.